The lowest BCUT2D eigenvalue weighted by Gasteiger charge is -2.12. The van der Waals surface area contributed by atoms with Crippen LogP contribution in [0.3, 0.4) is 0 Å². The Kier molecular flexibility index (Phi) is 5.63. The molecule has 4 heteroatoms. The summed E-state index contributed by atoms with van der Waals surface area (Å²) in [5.41, 5.74) is 2.83. The maximum atomic E-state index is 9.99. The molecule has 0 aromatic carbocycles. The lowest BCUT2D eigenvalue weighted by atomic mass is 10.1. The summed E-state index contributed by atoms with van der Waals surface area (Å²) in [6.07, 6.45) is 5.03. The molecule has 0 bridgehead atoms. The van der Waals surface area contributed by atoms with Gasteiger partial charge in [0.1, 0.15) is 5.75 Å². The van der Waals surface area contributed by atoms with Gasteiger partial charge in [0, 0.05) is 24.1 Å². The standard InChI is InChI=1S/C12H20N2OS/c1-4-5-13-7-11-10(8-16-3)6-14-9(2)12(11)15/h6,13,15H,4-5,7-8H2,1-3H3. The van der Waals surface area contributed by atoms with Crippen molar-refractivity contribution in [2.75, 3.05) is 12.8 Å². The number of aromatic nitrogens is 1. The van der Waals surface area contributed by atoms with Crippen LogP contribution in [-0.2, 0) is 12.3 Å². The van der Waals surface area contributed by atoms with Gasteiger partial charge < -0.3 is 10.4 Å². The van der Waals surface area contributed by atoms with Gasteiger partial charge in [0.25, 0.3) is 0 Å². The molecule has 0 aliphatic heterocycles. The Morgan fingerprint density at radius 3 is 2.88 bits per heavy atom. The van der Waals surface area contributed by atoms with Crippen molar-refractivity contribution in [1.29, 1.82) is 0 Å². The van der Waals surface area contributed by atoms with E-state index in [1.54, 1.807) is 11.8 Å². The van der Waals surface area contributed by atoms with Crippen LogP contribution in [0.5, 0.6) is 5.75 Å². The highest BCUT2D eigenvalue weighted by Gasteiger charge is 2.10. The second-order valence-electron chi connectivity index (χ2n) is 3.81. The molecule has 16 heavy (non-hydrogen) atoms. The molecule has 0 saturated heterocycles. The van der Waals surface area contributed by atoms with Crippen molar-refractivity contribution in [3.8, 4) is 5.75 Å². The van der Waals surface area contributed by atoms with Crippen molar-refractivity contribution in [3.05, 3.63) is 23.0 Å². The predicted octanol–water partition coefficient (Wildman–Crippen LogP) is 2.46. The first-order chi connectivity index (χ1) is 7.70. The summed E-state index contributed by atoms with van der Waals surface area (Å²) >= 11 is 1.74. The van der Waals surface area contributed by atoms with E-state index in [4.69, 9.17) is 0 Å². The molecule has 3 nitrogen and oxygen atoms in total. The van der Waals surface area contributed by atoms with E-state index in [9.17, 15) is 5.11 Å². The number of hydrogen-bond donors (Lipinski definition) is 2. The fourth-order valence-electron chi connectivity index (χ4n) is 1.55. The minimum Gasteiger partial charge on any atom is -0.506 e. The van der Waals surface area contributed by atoms with E-state index in [1.807, 2.05) is 13.1 Å². The Morgan fingerprint density at radius 2 is 2.25 bits per heavy atom. The smallest absolute Gasteiger partial charge is 0.141 e. The average Bonchev–Trinajstić information content (AvgIpc) is 2.28. The third-order valence-electron chi connectivity index (χ3n) is 2.46. The first kappa shape index (κ1) is 13.3. The molecule has 1 aromatic rings. The van der Waals surface area contributed by atoms with E-state index < -0.39 is 0 Å². The molecule has 1 rings (SSSR count). The molecule has 0 atom stereocenters. The van der Waals surface area contributed by atoms with Gasteiger partial charge in [-0.3, -0.25) is 4.98 Å². The normalized spacial score (nSPS) is 10.7. The SMILES string of the molecule is CCCNCc1c(CSC)cnc(C)c1O. The highest BCUT2D eigenvalue weighted by atomic mass is 32.2. The van der Waals surface area contributed by atoms with Gasteiger partial charge in [-0.2, -0.15) is 11.8 Å². The topological polar surface area (TPSA) is 45.2 Å². The molecule has 0 unspecified atom stereocenters. The van der Waals surface area contributed by atoms with E-state index in [0.29, 0.717) is 11.4 Å². The fraction of sp³-hybridized carbons (Fsp3) is 0.583. The number of aryl methyl sites for hydroxylation is 1. The number of nitrogens with one attached hydrogen (secondary N) is 1. The third kappa shape index (κ3) is 3.39. The maximum Gasteiger partial charge on any atom is 0.141 e. The molecule has 0 saturated carbocycles. The van der Waals surface area contributed by atoms with Gasteiger partial charge in [-0.1, -0.05) is 6.92 Å². The van der Waals surface area contributed by atoms with E-state index in [2.05, 4.69) is 23.5 Å². The zero-order valence-electron chi connectivity index (χ0n) is 10.2. The van der Waals surface area contributed by atoms with Gasteiger partial charge in [-0.05, 0) is 31.7 Å². The predicted molar refractivity (Wildman–Crippen MR) is 69.9 cm³/mol. The molecule has 90 valence electrons. The van der Waals surface area contributed by atoms with Gasteiger partial charge in [0.2, 0.25) is 0 Å². The monoisotopic (exact) mass is 240 g/mol. The molecule has 0 aliphatic carbocycles. The van der Waals surface area contributed by atoms with Crippen LogP contribution in [0, 0.1) is 6.92 Å². The lowest BCUT2D eigenvalue weighted by Crippen LogP contribution is -2.15. The Bertz CT molecular complexity index is 342. The fourth-order valence-corrected chi connectivity index (χ4v) is 2.11. The van der Waals surface area contributed by atoms with Crippen LogP contribution in [0.1, 0.15) is 30.2 Å². The summed E-state index contributed by atoms with van der Waals surface area (Å²) in [7, 11) is 0. The molecular weight excluding hydrogens is 220 g/mol. The number of nitrogens with zero attached hydrogens (tertiary/aromatic N) is 1. The molecule has 0 spiro atoms. The molecule has 0 aliphatic rings. The highest BCUT2D eigenvalue weighted by Crippen LogP contribution is 2.25. The Balaban J connectivity index is 2.87. The quantitative estimate of drug-likeness (QED) is 0.750. The molecule has 2 N–H and O–H groups in total. The van der Waals surface area contributed by atoms with Crippen molar-refractivity contribution in [2.24, 2.45) is 0 Å². The van der Waals surface area contributed by atoms with Crippen LogP contribution in [-0.4, -0.2) is 22.9 Å². The largest absolute Gasteiger partial charge is 0.506 e. The Labute approximate surface area is 102 Å². The number of rotatable bonds is 6. The van der Waals surface area contributed by atoms with Crippen molar-refractivity contribution in [2.45, 2.75) is 32.6 Å². The zero-order valence-corrected chi connectivity index (χ0v) is 11.0. The second-order valence-corrected chi connectivity index (χ2v) is 4.67. The molecule has 0 amide bonds. The van der Waals surface area contributed by atoms with Crippen LogP contribution in [0.15, 0.2) is 6.20 Å². The van der Waals surface area contributed by atoms with E-state index in [-0.39, 0.29) is 0 Å². The van der Waals surface area contributed by atoms with Crippen molar-refractivity contribution in [3.63, 3.8) is 0 Å². The van der Waals surface area contributed by atoms with Gasteiger partial charge in [0.05, 0.1) is 5.69 Å². The van der Waals surface area contributed by atoms with E-state index >= 15 is 0 Å². The number of aromatic hydroxyl groups is 1. The number of hydrogen-bond acceptors (Lipinski definition) is 4. The number of thioether (sulfide) groups is 1. The summed E-state index contributed by atoms with van der Waals surface area (Å²) in [6, 6.07) is 0. The summed E-state index contributed by atoms with van der Waals surface area (Å²) in [4.78, 5) is 4.20. The summed E-state index contributed by atoms with van der Waals surface area (Å²) in [6.45, 7) is 5.66. The van der Waals surface area contributed by atoms with Crippen LogP contribution < -0.4 is 5.32 Å². The summed E-state index contributed by atoms with van der Waals surface area (Å²) in [5, 5.41) is 13.3. The highest BCUT2D eigenvalue weighted by molar-refractivity contribution is 7.97. The average molecular weight is 240 g/mol. The number of pyridine rings is 1. The van der Waals surface area contributed by atoms with Crippen molar-refractivity contribution < 1.29 is 5.11 Å². The maximum absolute atomic E-state index is 9.99. The molecular formula is C12H20N2OS. The first-order valence-corrected chi connectivity index (χ1v) is 6.96. The van der Waals surface area contributed by atoms with Gasteiger partial charge >= 0.3 is 0 Å². The molecule has 1 heterocycles. The van der Waals surface area contributed by atoms with Crippen molar-refractivity contribution >= 4 is 11.8 Å². The van der Waals surface area contributed by atoms with Crippen LogP contribution in [0.4, 0.5) is 0 Å². The Morgan fingerprint density at radius 1 is 1.50 bits per heavy atom. The molecule has 0 fully saturated rings. The Hall–Kier alpha value is -0.740. The van der Waals surface area contributed by atoms with Gasteiger partial charge in [-0.25, -0.2) is 0 Å². The minimum absolute atomic E-state index is 0.343. The van der Waals surface area contributed by atoms with Crippen LogP contribution in [0.2, 0.25) is 0 Å². The van der Waals surface area contributed by atoms with Crippen LogP contribution >= 0.6 is 11.8 Å². The zero-order chi connectivity index (χ0) is 12.0. The lowest BCUT2D eigenvalue weighted by molar-refractivity contribution is 0.455. The molecule has 0 radical (unpaired) electrons. The van der Waals surface area contributed by atoms with E-state index in [1.165, 1.54) is 0 Å². The first-order valence-electron chi connectivity index (χ1n) is 5.56. The molecule has 1 aromatic heterocycles. The summed E-state index contributed by atoms with van der Waals surface area (Å²) in [5.74, 6) is 1.24. The van der Waals surface area contributed by atoms with Gasteiger partial charge in [-0.15, -0.1) is 0 Å². The summed E-state index contributed by atoms with van der Waals surface area (Å²) < 4.78 is 0. The van der Waals surface area contributed by atoms with Crippen molar-refractivity contribution in [1.82, 2.24) is 10.3 Å². The van der Waals surface area contributed by atoms with Gasteiger partial charge in [0.15, 0.2) is 0 Å². The third-order valence-corrected chi connectivity index (χ3v) is 3.06. The second kappa shape index (κ2) is 6.76. The van der Waals surface area contributed by atoms with Crippen LogP contribution in [0.25, 0.3) is 0 Å². The minimum atomic E-state index is 0.343. The van der Waals surface area contributed by atoms with E-state index in [0.717, 1.165) is 36.4 Å².